The van der Waals surface area contributed by atoms with Gasteiger partial charge in [-0.1, -0.05) is 35.9 Å². The van der Waals surface area contributed by atoms with Crippen molar-refractivity contribution in [2.75, 3.05) is 5.73 Å². The summed E-state index contributed by atoms with van der Waals surface area (Å²) in [6.07, 6.45) is 0. The highest BCUT2D eigenvalue weighted by molar-refractivity contribution is 6.33. The summed E-state index contributed by atoms with van der Waals surface area (Å²) in [5, 5.41) is 0.352. The Labute approximate surface area is 117 Å². The van der Waals surface area contributed by atoms with E-state index < -0.39 is 5.97 Å². The van der Waals surface area contributed by atoms with Crippen molar-refractivity contribution in [3.05, 3.63) is 64.2 Å². The van der Waals surface area contributed by atoms with Gasteiger partial charge >= 0.3 is 5.97 Å². The van der Waals surface area contributed by atoms with Crippen LogP contribution in [0.2, 0.25) is 5.02 Å². The van der Waals surface area contributed by atoms with Crippen molar-refractivity contribution in [3.8, 4) is 0 Å². The summed E-state index contributed by atoms with van der Waals surface area (Å²) in [6, 6.07) is 12.5. The summed E-state index contributed by atoms with van der Waals surface area (Å²) in [7, 11) is 0. The predicted molar refractivity (Wildman–Crippen MR) is 76.2 cm³/mol. The Hall–Kier alpha value is -2.00. The zero-order valence-corrected chi connectivity index (χ0v) is 11.3. The Kier molecular flexibility index (Phi) is 4.07. The molecule has 0 atom stereocenters. The molecule has 0 aliphatic carbocycles. The number of carbonyl (C=O) groups excluding carboxylic acids is 1. The van der Waals surface area contributed by atoms with Crippen molar-refractivity contribution in [1.82, 2.24) is 0 Å². The van der Waals surface area contributed by atoms with E-state index in [-0.39, 0.29) is 6.61 Å². The lowest BCUT2D eigenvalue weighted by atomic mass is 10.1. The third-order valence-corrected chi connectivity index (χ3v) is 3.18. The maximum absolute atomic E-state index is 11.9. The number of nitrogen functional groups attached to an aromatic ring is 1. The molecule has 98 valence electrons. The Morgan fingerprint density at radius 3 is 2.68 bits per heavy atom. The minimum absolute atomic E-state index is 0.244. The van der Waals surface area contributed by atoms with E-state index in [1.54, 1.807) is 12.1 Å². The van der Waals surface area contributed by atoms with E-state index in [2.05, 4.69) is 0 Å². The number of hydrogen-bond donors (Lipinski definition) is 1. The molecule has 19 heavy (non-hydrogen) atoms. The van der Waals surface area contributed by atoms with Crippen molar-refractivity contribution in [1.29, 1.82) is 0 Å². The van der Waals surface area contributed by atoms with Crippen molar-refractivity contribution in [3.63, 3.8) is 0 Å². The molecular formula is C15H14ClNO2. The van der Waals surface area contributed by atoms with Gasteiger partial charge in [-0.2, -0.15) is 0 Å². The van der Waals surface area contributed by atoms with Gasteiger partial charge in [0.25, 0.3) is 0 Å². The lowest BCUT2D eigenvalue weighted by molar-refractivity contribution is 0.0472. The topological polar surface area (TPSA) is 52.3 Å². The molecule has 4 heteroatoms. The first kappa shape index (κ1) is 13.4. The quantitative estimate of drug-likeness (QED) is 0.688. The van der Waals surface area contributed by atoms with Gasteiger partial charge in [0, 0.05) is 0 Å². The summed E-state index contributed by atoms with van der Waals surface area (Å²) in [5.74, 6) is -0.412. The second-order valence-electron chi connectivity index (χ2n) is 4.24. The molecule has 2 aromatic carbocycles. The number of rotatable bonds is 3. The summed E-state index contributed by atoms with van der Waals surface area (Å²) in [4.78, 5) is 11.9. The van der Waals surface area contributed by atoms with Crippen LogP contribution in [-0.4, -0.2) is 5.97 Å². The molecule has 3 nitrogen and oxygen atoms in total. The molecule has 0 fully saturated rings. The molecule has 2 N–H and O–H groups in total. The fourth-order valence-corrected chi connectivity index (χ4v) is 1.83. The smallest absolute Gasteiger partial charge is 0.338 e. The summed E-state index contributed by atoms with van der Waals surface area (Å²) in [5.41, 5.74) is 8.50. The van der Waals surface area contributed by atoms with E-state index in [4.69, 9.17) is 22.1 Å². The summed E-state index contributed by atoms with van der Waals surface area (Å²) < 4.78 is 5.25. The molecule has 0 aliphatic rings. The molecule has 0 spiro atoms. The first-order valence-corrected chi connectivity index (χ1v) is 6.22. The lowest BCUT2D eigenvalue weighted by Crippen LogP contribution is -2.06. The zero-order chi connectivity index (χ0) is 13.8. The van der Waals surface area contributed by atoms with Crippen LogP contribution in [0.5, 0.6) is 0 Å². The Bertz CT molecular complexity index is 611. The van der Waals surface area contributed by atoms with Crippen molar-refractivity contribution < 1.29 is 9.53 Å². The number of hydrogen-bond acceptors (Lipinski definition) is 3. The SMILES string of the molecule is Cc1ccccc1COC(=O)c1ccc(N)c(Cl)c1. The first-order valence-electron chi connectivity index (χ1n) is 5.84. The third-order valence-electron chi connectivity index (χ3n) is 2.86. The highest BCUT2D eigenvalue weighted by Gasteiger charge is 2.09. The number of carbonyl (C=O) groups is 1. The van der Waals surface area contributed by atoms with E-state index in [1.165, 1.54) is 6.07 Å². The fourth-order valence-electron chi connectivity index (χ4n) is 1.65. The van der Waals surface area contributed by atoms with Crippen LogP contribution in [0.15, 0.2) is 42.5 Å². The van der Waals surface area contributed by atoms with Crippen LogP contribution in [0.25, 0.3) is 0 Å². The van der Waals surface area contributed by atoms with Gasteiger partial charge in [0.15, 0.2) is 0 Å². The Morgan fingerprint density at radius 2 is 2.00 bits per heavy atom. The molecule has 0 radical (unpaired) electrons. The molecule has 0 unspecified atom stereocenters. The Morgan fingerprint density at radius 1 is 1.26 bits per heavy atom. The average molecular weight is 276 g/mol. The maximum atomic E-state index is 11.9. The predicted octanol–water partition coefficient (Wildman–Crippen LogP) is 3.59. The van der Waals surface area contributed by atoms with Crippen LogP contribution in [-0.2, 0) is 11.3 Å². The van der Waals surface area contributed by atoms with Crippen molar-refractivity contribution >= 4 is 23.3 Å². The van der Waals surface area contributed by atoms with E-state index in [0.717, 1.165) is 11.1 Å². The number of nitrogens with two attached hydrogens (primary N) is 1. The van der Waals surface area contributed by atoms with Gasteiger partial charge in [-0.3, -0.25) is 0 Å². The Balaban J connectivity index is 2.05. The molecule has 0 heterocycles. The largest absolute Gasteiger partial charge is 0.457 e. The van der Waals surface area contributed by atoms with E-state index in [0.29, 0.717) is 16.3 Å². The third kappa shape index (κ3) is 3.26. The summed E-state index contributed by atoms with van der Waals surface area (Å²) >= 11 is 5.87. The first-order chi connectivity index (χ1) is 9.08. The highest BCUT2D eigenvalue weighted by Crippen LogP contribution is 2.20. The minimum atomic E-state index is -0.412. The zero-order valence-electron chi connectivity index (χ0n) is 10.5. The summed E-state index contributed by atoms with van der Waals surface area (Å²) in [6.45, 7) is 2.22. The average Bonchev–Trinajstić information content (AvgIpc) is 2.40. The van der Waals surface area contributed by atoms with Crippen LogP contribution >= 0.6 is 11.6 Å². The second kappa shape index (κ2) is 5.76. The molecule has 2 rings (SSSR count). The number of aryl methyl sites for hydroxylation is 1. The monoisotopic (exact) mass is 275 g/mol. The standard InChI is InChI=1S/C15H14ClNO2/c1-10-4-2-3-5-12(10)9-19-15(18)11-6-7-14(17)13(16)8-11/h2-8H,9,17H2,1H3. The van der Waals surface area contributed by atoms with Crippen LogP contribution in [0, 0.1) is 6.92 Å². The molecule has 0 aromatic heterocycles. The molecule has 2 aromatic rings. The minimum Gasteiger partial charge on any atom is -0.457 e. The molecule has 0 bridgehead atoms. The van der Waals surface area contributed by atoms with Gasteiger partial charge in [0.05, 0.1) is 16.3 Å². The van der Waals surface area contributed by atoms with E-state index >= 15 is 0 Å². The second-order valence-corrected chi connectivity index (χ2v) is 4.65. The van der Waals surface area contributed by atoms with Gasteiger partial charge < -0.3 is 10.5 Å². The molecular weight excluding hydrogens is 262 g/mol. The van der Waals surface area contributed by atoms with Crippen LogP contribution in [0.1, 0.15) is 21.5 Å². The van der Waals surface area contributed by atoms with Gasteiger partial charge in [0.1, 0.15) is 6.61 Å². The van der Waals surface area contributed by atoms with Gasteiger partial charge in [0.2, 0.25) is 0 Å². The number of halogens is 1. The normalized spacial score (nSPS) is 10.2. The van der Waals surface area contributed by atoms with Gasteiger partial charge in [-0.05, 0) is 36.2 Å². The molecule has 0 saturated carbocycles. The fraction of sp³-hybridized carbons (Fsp3) is 0.133. The number of anilines is 1. The molecule has 0 aliphatic heterocycles. The van der Waals surface area contributed by atoms with Crippen LogP contribution in [0.3, 0.4) is 0 Å². The van der Waals surface area contributed by atoms with Crippen LogP contribution < -0.4 is 5.73 Å². The number of benzene rings is 2. The van der Waals surface area contributed by atoms with Gasteiger partial charge in [-0.15, -0.1) is 0 Å². The van der Waals surface area contributed by atoms with E-state index in [1.807, 2.05) is 31.2 Å². The van der Waals surface area contributed by atoms with E-state index in [9.17, 15) is 4.79 Å². The lowest BCUT2D eigenvalue weighted by Gasteiger charge is -2.08. The number of ether oxygens (including phenoxy) is 1. The van der Waals surface area contributed by atoms with Crippen molar-refractivity contribution in [2.45, 2.75) is 13.5 Å². The van der Waals surface area contributed by atoms with Crippen LogP contribution in [0.4, 0.5) is 5.69 Å². The number of esters is 1. The molecule has 0 saturated heterocycles. The highest BCUT2D eigenvalue weighted by atomic mass is 35.5. The van der Waals surface area contributed by atoms with Crippen molar-refractivity contribution in [2.24, 2.45) is 0 Å². The van der Waals surface area contributed by atoms with Gasteiger partial charge in [-0.25, -0.2) is 4.79 Å². The molecule has 0 amide bonds. The maximum Gasteiger partial charge on any atom is 0.338 e.